The number of urea groups is 1. The molecule has 1 fully saturated rings. The number of hydrogen-bond acceptors (Lipinski definition) is 3. The van der Waals surface area contributed by atoms with E-state index in [1.165, 1.54) is 13.0 Å². The fraction of sp³-hybridized carbons (Fsp3) is 0.167. The molecule has 4 amide bonds. The second-order valence-electron chi connectivity index (χ2n) is 6.13. The van der Waals surface area contributed by atoms with Gasteiger partial charge in [0.15, 0.2) is 0 Å². The average Bonchev–Trinajstić information content (AvgIpc) is 2.81. The third-order valence-electron chi connectivity index (χ3n) is 4.17. The average molecular weight is 455 g/mol. The summed E-state index contributed by atoms with van der Waals surface area (Å²) in [6.07, 6.45) is 0. The molecule has 2 aromatic carbocycles. The van der Waals surface area contributed by atoms with E-state index in [-0.39, 0.29) is 10.6 Å². The number of imide groups is 1. The van der Waals surface area contributed by atoms with Crippen LogP contribution in [0.3, 0.4) is 0 Å². The van der Waals surface area contributed by atoms with Crippen molar-refractivity contribution in [2.24, 2.45) is 0 Å². The molecule has 1 saturated heterocycles. The van der Waals surface area contributed by atoms with Gasteiger partial charge in [-0.1, -0.05) is 33.6 Å². The van der Waals surface area contributed by atoms with Gasteiger partial charge in [0.1, 0.15) is 17.9 Å². The number of halogens is 3. The van der Waals surface area contributed by atoms with Crippen molar-refractivity contribution in [3.05, 3.63) is 63.3 Å². The topological polar surface area (TPSA) is 78.5 Å². The van der Waals surface area contributed by atoms with E-state index < -0.39 is 35.7 Å². The smallest absolute Gasteiger partial charge is 0.325 e. The molecule has 0 saturated carbocycles. The van der Waals surface area contributed by atoms with Crippen molar-refractivity contribution in [2.75, 3.05) is 11.9 Å². The summed E-state index contributed by atoms with van der Waals surface area (Å²) in [7, 11) is 0. The van der Waals surface area contributed by atoms with Gasteiger partial charge in [-0.15, -0.1) is 0 Å². The molecule has 1 heterocycles. The maximum absolute atomic E-state index is 13.3. The van der Waals surface area contributed by atoms with Gasteiger partial charge in [0.25, 0.3) is 5.91 Å². The van der Waals surface area contributed by atoms with Crippen LogP contribution in [0.4, 0.5) is 14.9 Å². The Morgan fingerprint density at radius 1 is 1.26 bits per heavy atom. The molecule has 2 aromatic rings. The number of carbonyl (C=O) groups excluding carboxylic acids is 3. The summed E-state index contributed by atoms with van der Waals surface area (Å²) < 4.78 is 14.1. The van der Waals surface area contributed by atoms with E-state index in [9.17, 15) is 18.8 Å². The normalized spacial score (nSPS) is 19.2. The van der Waals surface area contributed by atoms with Crippen molar-refractivity contribution in [1.29, 1.82) is 0 Å². The highest BCUT2D eigenvalue weighted by Gasteiger charge is 2.50. The zero-order valence-electron chi connectivity index (χ0n) is 14.1. The molecule has 0 radical (unpaired) electrons. The summed E-state index contributed by atoms with van der Waals surface area (Å²) in [5.74, 6) is -1.74. The van der Waals surface area contributed by atoms with Gasteiger partial charge in [0.05, 0.1) is 0 Å². The molecule has 1 aliphatic rings. The number of carbonyl (C=O) groups is 3. The van der Waals surface area contributed by atoms with Gasteiger partial charge in [-0.3, -0.25) is 14.5 Å². The summed E-state index contributed by atoms with van der Waals surface area (Å²) in [4.78, 5) is 38.1. The summed E-state index contributed by atoms with van der Waals surface area (Å²) in [6.45, 7) is 0.994. The Morgan fingerprint density at radius 3 is 2.56 bits per heavy atom. The molecule has 6 nitrogen and oxygen atoms in total. The highest BCUT2D eigenvalue weighted by molar-refractivity contribution is 9.10. The van der Waals surface area contributed by atoms with E-state index in [0.29, 0.717) is 5.69 Å². The predicted molar refractivity (Wildman–Crippen MR) is 102 cm³/mol. The van der Waals surface area contributed by atoms with Crippen LogP contribution in [0.15, 0.2) is 46.9 Å². The second-order valence-corrected chi connectivity index (χ2v) is 7.45. The Morgan fingerprint density at radius 2 is 1.93 bits per heavy atom. The Balaban J connectivity index is 1.77. The van der Waals surface area contributed by atoms with E-state index >= 15 is 0 Å². The largest absolute Gasteiger partial charge is 0.325 e. The molecule has 0 aromatic heterocycles. The zero-order valence-corrected chi connectivity index (χ0v) is 16.4. The van der Waals surface area contributed by atoms with Crippen LogP contribution < -0.4 is 10.6 Å². The minimum absolute atomic E-state index is 0.00677. The van der Waals surface area contributed by atoms with E-state index in [0.717, 1.165) is 21.5 Å². The lowest BCUT2D eigenvalue weighted by Gasteiger charge is -2.23. The van der Waals surface area contributed by atoms with Crippen LogP contribution in [-0.2, 0) is 15.1 Å². The molecule has 140 valence electrons. The van der Waals surface area contributed by atoms with Crippen molar-refractivity contribution >= 4 is 51.1 Å². The molecule has 1 aliphatic heterocycles. The van der Waals surface area contributed by atoms with Gasteiger partial charge >= 0.3 is 6.03 Å². The summed E-state index contributed by atoms with van der Waals surface area (Å²) in [6, 6.07) is 9.66. The molecule has 0 spiro atoms. The third kappa shape index (κ3) is 3.81. The maximum atomic E-state index is 13.3. The van der Waals surface area contributed by atoms with Gasteiger partial charge in [0.2, 0.25) is 5.91 Å². The van der Waals surface area contributed by atoms with Crippen LogP contribution in [0.2, 0.25) is 5.02 Å². The molecule has 27 heavy (non-hydrogen) atoms. The van der Waals surface area contributed by atoms with E-state index in [1.807, 2.05) is 0 Å². The van der Waals surface area contributed by atoms with E-state index in [1.54, 1.807) is 24.3 Å². The predicted octanol–water partition coefficient (Wildman–Crippen LogP) is 3.65. The Hall–Kier alpha value is -2.45. The first kappa shape index (κ1) is 19.3. The van der Waals surface area contributed by atoms with Crippen LogP contribution >= 0.6 is 27.5 Å². The molecular weight excluding hydrogens is 441 g/mol. The molecule has 9 heteroatoms. The number of anilines is 1. The molecular formula is C18H14BrClFN3O3. The summed E-state index contributed by atoms with van der Waals surface area (Å²) >= 11 is 9.33. The summed E-state index contributed by atoms with van der Waals surface area (Å²) in [5.41, 5.74) is -0.709. The van der Waals surface area contributed by atoms with Gasteiger partial charge < -0.3 is 10.6 Å². The lowest BCUT2D eigenvalue weighted by molar-refractivity contribution is -0.133. The van der Waals surface area contributed by atoms with E-state index in [4.69, 9.17) is 11.6 Å². The van der Waals surface area contributed by atoms with Crippen LogP contribution in [0, 0.1) is 5.82 Å². The minimum Gasteiger partial charge on any atom is -0.325 e. The van der Waals surface area contributed by atoms with Crippen LogP contribution in [-0.4, -0.2) is 29.3 Å². The van der Waals surface area contributed by atoms with Gasteiger partial charge in [0, 0.05) is 20.7 Å². The van der Waals surface area contributed by atoms with Crippen molar-refractivity contribution in [1.82, 2.24) is 10.2 Å². The molecule has 1 atom stereocenters. The van der Waals surface area contributed by atoms with Crippen molar-refractivity contribution < 1.29 is 18.8 Å². The standard InChI is InChI=1S/C18H14BrClFN3O3/c1-18(13-7-4-11(21)8-14(13)20)16(26)24(17(27)23-18)9-15(25)22-12-5-2-10(19)3-6-12/h2-8H,9H2,1H3,(H,22,25)(H,23,27). The first-order valence-corrected chi connectivity index (χ1v) is 9.03. The minimum atomic E-state index is -1.49. The van der Waals surface area contributed by atoms with Crippen LogP contribution in [0.5, 0.6) is 0 Å². The highest BCUT2D eigenvalue weighted by Crippen LogP contribution is 2.33. The molecule has 1 unspecified atom stereocenters. The maximum Gasteiger partial charge on any atom is 0.325 e. The molecule has 3 rings (SSSR count). The molecule has 2 N–H and O–H groups in total. The van der Waals surface area contributed by atoms with Crippen LogP contribution in [0.25, 0.3) is 0 Å². The molecule has 0 aliphatic carbocycles. The number of nitrogens with zero attached hydrogens (tertiary/aromatic N) is 1. The number of nitrogens with one attached hydrogen (secondary N) is 2. The Kier molecular flexibility index (Phi) is 5.21. The Bertz CT molecular complexity index is 938. The first-order chi connectivity index (χ1) is 12.7. The van der Waals surface area contributed by atoms with Crippen LogP contribution in [0.1, 0.15) is 12.5 Å². The SMILES string of the molecule is CC1(c2ccc(F)cc2Cl)NC(=O)N(CC(=O)Nc2ccc(Br)cc2)C1=O. The van der Waals surface area contributed by atoms with Gasteiger partial charge in [-0.25, -0.2) is 9.18 Å². The summed E-state index contributed by atoms with van der Waals surface area (Å²) in [5, 5.41) is 5.15. The van der Waals surface area contributed by atoms with Crippen molar-refractivity contribution in [3.63, 3.8) is 0 Å². The zero-order chi connectivity index (χ0) is 19.8. The second kappa shape index (κ2) is 7.28. The highest BCUT2D eigenvalue weighted by atomic mass is 79.9. The fourth-order valence-electron chi connectivity index (χ4n) is 2.80. The van der Waals surface area contributed by atoms with E-state index in [2.05, 4.69) is 26.6 Å². The monoisotopic (exact) mass is 453 g/mol. The van der Waals surface area contributed by atoms with Crippen molar-refractivity contribution in [3.8, 4) is 0 Å². The lowest BCUT2D eigenvalue weighted by atomic mass is 9.92. The van der Waals surface area contributed by atoms with Gasteiger partial charge in [-0.2, -0.15) is 0 Å². The van der Waals surface area contributed by atoms with Crippen molar-refractivity contribution in [2.45, 2.75) is 12.5 Å². The number of hydrogen-bond donors (Lipinski definition) is 2. The quantitative estimate of drug-likeness (QED) is 0.692. The number of benzene rings is 2. The Labute approximate surface area is 167 Å². The molecule has 0 bridgehead atoms. The third-order valence-corrected chi connectivity index (χ3v) is 5.02. The lowest BCUT2D eigenvalue weighted by Crippen LogP contribution is -2.42. The number of rotatable bonds is 4. The first-order valence-electron chi connectivity index (χ1n) is 7.86. The van der Waals surface area contributed by atoms with Gasteiger partial charge in [-0.05, 0) is 43.3 Å². The fourth-order valence-corrected chi connectivity index (χ4v) is 3.42. The number of amides is 4.